The molecule has 2 rings (SSSR count). The number of rotatable bonds is 5. The van der Waals surface area contributed by atoms with E-state index >= 15 is 0 Å². The predicted molar refractivity (Wildman–Crippen MR) is 69.3 cm³/mol. The Kier molecular flexibility index (Phi) is 3.73. The third-order valence-corrected chi connectivity index (χ3v) is 5.94. The molecule has 1 fully saturated rings. The molecular weight excluding hydrogens is 310 g/mol. The standard InChI is InChI=1S/C10H14BrNO2S2/c1-7-9(6-10(11)15-7)16(13,14)12-5-4-8-2-3-8/h6,8,12H,2-5H2,1H3. The molecule has 3 nitrogen and oxygen atoms in total. The molecule has 16 heavy (non-hydrogen) atoms. The summed E-state index contributed by atoms with van der Waals surface area (Å²) in [6.07, 6.45) is 3.47. The van der Waals surface area contributed by atoms with Gasteiger partial charge >= 0.3 is 0 Å². The molecule has 1 aliphatic rings. The van der Waals surface area contributed by atoms with E-state index in [1.807, 2.05) is 6.92 Å². The van der Waals surface area contributed by atoms with E-state index < -0.39 is 10.0 Å². The number of halogens is 1. The van der Waals surface area contributed by atoms with Gasteiger partial charge in [0.15, 0.2) is 0 Å². The first-order valence-corrected chi connectivity index (χ1v) is 8.34. The van der Waals surface area contributed by atoms with Crippen LogP contribution in [0.1, 0.15) is 24.1 Å². The van der Waals surface area contributed by atoms with Gasteiger partial charge in [0.05, 0.1) is 8.68 Å². The van der Waals surface area contributed by atoms with Crippen LogP contribution in [0.4, 0.5) is 0 Å². The summed E-state index contributed by atoms with van der Waals surface area (Å²) < 4.78 is 27.4. The van der Waals surface area contributed by atoms with Crippen LogP contribution >= 0.6 is 27.3 Å². The Morgan fingerprint density at radius 3 is 2.75 bits per heavy atom. The van der Waals surface area contributed by atoms with Crippen molar-refractivity contribution >= 4 is 37.3 Å². The molecule has 0 aromatic carbocycles. The van der Waals surface area contributed by atoms with Gasteiger partial charge < -0.3 is 0 Å². The van der Waals surface area contributed by atoms with E-state index in [1.54, 1.807) is 6.07 Å². The van der Waals surface area contributed by atoms with Gasteiger partial charge in [0.1, 0.15) is 0 Å². The lowest BCUT2D eigenvalue weighted by atomic mass is 10.3. The Bertz CT molecular complexity index is 477. The highest BCUT2D eigenvalue weighted by Gasteiger charge is 2.23. The average Bonchev–Trinajstić information content (AvgIpc) is 2.91. The van der Waals surface area contributed by atoms with Crippen LogP contribution in [0.15, 0.2) is 14.7 Å². The molecule has 0 unspecified atom stereocenters. The van der Waals surface area contributed by atoms with E-state index in [9.17, 15) is 8.42 Å². The zero-order valence-corrected chi connectivity index (χ0v) is 12.2. The zero-order valence-electron chi connectivity index (χ0n) is 8.99. The van der Waals surface area contributed by atoms with Crippen molar-refractivity contribution in [1.82, 2.24) is 4.72 Å². The Morgan fingerprint density at radius 1 is 1.56 bits per heavy atom. The first-order chi connectivity index (χ1) is 7.49. The van der Waals surface area contributed by atoms with Crippen molar-refractivity contribution in [3.63, 3.8) is 0 Å². The molecule has 1 aromatic heterocycles. The summed E-state index contributed by atoms with van der Waals surface area (Å²) in [5, 5.41) is 0. The maximum atomic E-state index is 11.9. The second kappa shape index (κ2) is 4.76. The molecular formula is C10H14BrNO2S2. The summed E-state index contributed by atoms with van der Waals surface area (Å²) >= 11 is 4.75. The van der Waals surface area contributed by atoms with Gasteiger partial charge in [0, 0.05) is 11.4 Å². The van der Waals surface area contributed by atoms with Gasteiger partial charge in [-0.1, -0.05) is 12.8 Å². The van der Waals surface area contributed by atoms with E-state index in [0.717, 1.165) is 21.0 Å². The van der Waals surface area contributed by atoms with E-state index in [2.05, 4.69) is 20.7 Å². The molecule has 1 aromatic rings. The van der Waals surface area contributed by atoms with Crippen molar-refractivity contribution in [2.75, 3.05) is 6.54 Å². The number of thiophene rings is 1. The summed E-state index contributed by atoms with van der Waals surface area (Å²) in [5.41, 5.74) is 0. The lowest BCUT2D eigenvalue weighted by molar-refractivity contribution is 0.575. The predicted octanol–water partition coefficient (Wildman–Crippen LogP) is 2.90. The molecule has 90 valence electrons. The fraction of sp³-hybridized carbons (Fsp3) is 0.600. The van der Waals surface area contributed by atoms with Crippen LogP contribution in [0.2, 0.25) is 0 Å². The van der Waals surface area contributed by atoms with Gasteiger partial charge in [-0.2, -0.15) is 0 Å². The van der Waals surface area contributed by atoms with Crippen LogP contribution in [0.3, 0.4) is 0 Å². The van der Waals surface area contributed by atoms with Crippen LogP contribution in [0, 0.1) is 12.8 Å². The summed E-state index contributed by atoms with van der Waals surface area (Å²) in [4.78, 5) is 1.23. The molecule has 1 heterocycles. The summed E-state index contributed by atoms with van der Waals surface area (Å²) in [6, 6.07) is 1.67. The molecule has 0 spiro atoms. The first kappa shape index (κ1) is 12.5. The fourth-order valence-corrected chi connectivity index (χ4v) is 5.04. The highest BCUT2D eigenvalue weighted by atomic mass is 79.9. The summed E-state index contributed by atoms with van der Waals surface area (Å²) in [6.45, 7) is 2.38. The minimum Gasteiger partial charge on any atom is -0.211 e. The topological polar surface area (TPSA) is 46.2 Å². The van der Waals surface area contributed by atoms with Crippen molar-refractivity contribution < 1.29 is 8.42 Å². The zero-order chi connectivity index (χ0) is 11.8. The lowest BCUT2D eigenvalue weighted by Crippen LogP contribution is -2.25. The molecule has 0 amide bonds. The third-order valence-electron chi connectivity index (χ3n) is 2.67. The third kappa shape index (κ3) is 3.06. The van der Waals surface area contributed by atoms with Gasteiger partial charge in [-0.25, -0.2) is 13.1 Å². The molecule has 0 atom stereocenters. The number of aryl methyl sites for hydroxylation is 1. The van der Waals surface area contributed by atoms with Gasteiger partial charge in [-0.15, -0.1) is 11.3 Å². The molecule has 1 saturated carbocycles. The highest BCUT2D eigenvalue weighted by molar-refractivity contribution is 9.11. The lowest BCUT2D eigenvalue weighted by Gasteiger charge is -2.05. The van der Waals surface area contributed by atoms with E-state index in [4.69, 9.17) is 0 Å². The smallest absolute Gasteiger partial charge is 0.211 e. The highest BCUT2D eigenvalue weighted by Crippen LogP contribution is 2.32. The van der Waals surface area contributed by atoms with Crippen LogP contribution in [0.25, 0.3) is 0 Å². The van der Waals surface area contributed by atoms with Crippen LogP contribution < -0.4 is 4.72 Å². The minimum atomic E-state index is -3.31. The van der Waals surface area contributed by atoms with Crippen LogP contribution in [-0.4, -0.2) is 15.0 Å². The van der Waals surface area contributed by atoms with Gasteiger partial charge in [-0.05, 0) is 41.3 Å². The first-order valence-electron chi connectivity index (χ1n) is 5.24. The monoisotopic (exact) mass is 323 g/mol. The fourth-order valence-electron chi connectivity index (χ4n) is 1.58. The van der Waals surface area contributed by atoms with Gasteiger partial charge in [0.25, 0.3) is 0 Å². The summed E-state index contributed by atoms with van der Waals surface area (Å²) in [5.74, 6) is 0.748. The van der Waals surface area contributed by atoms with Gasteiger partial charge in [0.2, 0.25) is 10.0 Å². The molecule has 0 aliphatic heterocycles. The number of hydrogen-bond acceptors (Lipinski definition) is 3. The molecule has 0 saturated heterocycles. The summed E-state index contributed by atoms with van der Waals surface area (Å²) in [7, 11) is -3.31. The van der Waals surface area contributed by atoms with Crippen molar-refractivity contribution in [2.45, 2.75) is 31.1 Å². The normalized spacial score (nSPS) is 16.6. The van der Waals surface area contributed by atoms with E-state index in [0.29, 0.717) is 11.4 Å². The van der Waals surface area contributed by atoms with Gasteiger partial charge in [-0.3, -0.25) is 0 Å². The van der Waals surface area contributed by atoms with Crippen molar-refractivity contribution in [3.05, 3.63) is 14.7 Å². The SMILES string of the molecule is Cc1sc(Br)cc1S(=O)(=O)NCCC1CC1. The van der Waals surface area contributed by atoms with Crippen molar-refractivity contribution in [1.29, 1.82) is 0 Å². The van der Waals surface area contributed by atoms with Crippen LogP contribution in [-0.2, 0) is 10.0 Å². The van der Waals surface area contributed by atoms with Crippen LogP contribution in [0.5, 0.6) is 0 Å². The largest absolute Gasteiger partial charge is 0.241 e. The number of hydrogen-bond donors (Lipinski definition) is 1. The Balaban J connectivity index is 2.02. The molecule has 0 bridgehead atoms. The molecule has 1 N–H and O–H groups in total. The molecule has 1 aliphatic carbocycles. The van der Waals surface area contributed by atoms with E-state index in [1.165, 1.54) is 24.2 Å². The van der Waals surface area contributed by atoms with Crippen molar-refractivity contribution in [3.8, 4) is 0 Å². The Morgan fingerprint density at radius 2 is 2.25 bits per heavy atom. The number of sulfonamides is 1. The Hall–Kier alpha value is 0.0900. The second-order valence-corrected chi connectivity index (χ2v) is 8.47. The Labute approximate surface area is 108 Å². The maximum Gasteiger partial charge on any atom is 0.241 e. The second-order valence-electron chi connectivity index (χ2n) is 4.10. The molecule has 6 heteroatoms. The average molecular weight is 324 g/mol. The maximum absolute atomic E-state index is 11.9. The molecule has 0 radical (unpaired) electrons. The number of nitrogens with one attached hydrogen (secondary N) is 1. The van der Waals surface area contributed by atoms with E-state index in [-0.39, 0.29) is 0 Å². The minimum absolute atomic E-state index is 0.403. The van der Waals surface area contributed by atoms with Crippen molar-refractivity contribution in [2.24, 2.45) is 5.92 Å². The quantitative estimate of drug-likeness (QED) is 0.905.